The summed E-state index contributed by atoms with van der Waals surface area (Å²) < 4.78 is 36.3. The Morgan fingerprint density at radius 3 is 2.47 bits per heavy atom. The molecule has 0 N–H and O–H groups in total. The zero-order valence-corrected chi connectivity index (χ0v) is 9.30. The predicted octanol–water partition coefficient (Wildman–Crippen LogP) is 2.60. The van der Waals surface area contributed by atoms with Crippen LogP contribution in [0.3, 0.4) is 0 Å². The van der Waals surface area contributed by atoms with E-state index in [1.54, 1.807) is 6.08 Å². The van der Waals surface area contributed by atoms with Gasteiger partial charge in [-0.2, -0.15) is 13.2 Å². The van der Waals surface area contributed by atoms with Gasteiger partial charge >= 0.3 is 6.08 Å². The monoisotopic (exact) mass is 218 g/mol. The van der Waals surface area contributed by atoms with Crippen molar-refractivity contribution in [2.45, 2.75) is 45.4 Å². The SMILES string of the molecule is CC(C)N1CC=C([B]C(F)(F)F)CC1C. The van der Waals surface area contributed by atoms with Crippen LogP contribution in [-0.4, -0.2) is 36.9 Å². The van der Waals surface area contributed by atoms with Gasteiger partial charge in [0.25, 0.3) is 7.28 Å². The number of halogens is 3. The molecule has 1 unspecified atom stereocenters. The molecule has 1 aliphatic heterocycles. The molecule has 0 bridgehead atoms. The summed E-state index contributed by atoms with van der Waals surface area (Å²) >= 11 is 0. The fraction of sp³-hybridized carbons (Fsp3) is 0.800. The Hall–Kier alpha value is -0.445. The van der Waals surface area contributed by atoms with E-state index in [1.807, 2.05) is 6.92 Å². The second kappa shape index (κ2) is 4.60. The molecule has 0 aliphatic carbocycles. The molecule has 0 saturated carbocycles. The van der Waals surface area contributed by atoms with Crippen LogP contribution in [0.15, 0.2) is 11.5 Å². The smallest absolute Gasteiger partial charge is 0.294 e. The lowest BCUT2D eigenvalue weighted by atomic mass is 9.65. The standard InChI is InChI=1S/C10H16BF3N/c1-7(2)15-5-4-9(6-8(15)3)11-10(12,13)14/h4,7-8H,5-6H2,1-3H3. The molecule has 1 radical (unpaired) electrons. The summed E-state index contributed by atoms with van der Waals surface area (Å²) in [6, 6.07) is 0.562. The molecule has 1 heterocycles. The quantitative estimate of drug-likeness (QED) is 0.644. The Bertz CT molecular complexity index is 248. The third kappa shape index (κ3) is 3.90. The molecular weight excluding hydrogens is 202 g/mol. The number of rotatable bonds is 2. The van der Waals surface area contributed by atoms with Gasteiger partial charge in [-0.25, -0.2) is 0 Å². The Morgan fingerprint density at radius 1 is 1.47 bits per heavy atom. The van der Waals surface area contributed by atoms with Crippen molar-refractivity contribution in [3.05, 3.63) is 11.5 Å². The van der Waals surface area contributed by atoms with Crippen molar-refractivity contribution in [3.8, 4) is 0 Å². The Labute approximate surface area is 89.6 Å². The molecule has 0 aromatic rings. The fourth-order valence-electron chi connectivity index (χ4n) is 1.99. The second-order valence-corrected chi connectivity index (χ2v) is 4.31. The minimum Gasteiger partial charge on any atom is -0.294 e. The van der Waals surface area contributed by atoms with Crippen molar-refractivity contribution >= 4 is 7.28 Å². The van der Waals surface area contributed by atoms with Crippen molar-refractivity contribution in [3.63, 3.8) is 0 Å². The molecule has 1 nitrogen and oxygen atoms in total. The summed E-state index contributed by atoms with van der Waals surface area (Å²) in [5, 5.41) is 0. The average molecular weight is 218 g/mol. The van der Waals surface area contributed by atoms with Crippen LogP contribution in [0.5, 0.6) is 0 Å². The van der Waals surface area contributed by atoms with Crippen LogP contribution in [0.4, 0.5) is 13.2 Å². The summed E-state index contributed by atoms with van der Waals surface area (Å²) in [5.41, 5.74) is 0.409. The first-order valence-electron chi connectivity index (χ1n) is 5.17. The molecule has 1 aliphatic rings. The molecular formula is C10H16BF3N. The molecule has 1 rings (SSSR count). The van der Waals surface area contributed by atoms with Gasteiger partial charge in [0.1, 0.15) is 0 Å². The maximum Gasteiger partial charge on any atom is 0.344 e. The summed E-state index contributed by atoms with van der Waals surface area (Å²) in [6.07, 6.45) is -2.03. The maximum atomic E-state index is 12.1. The zero-order valence-electron chi connectivity index (χ0n) is 9.30. The highest BCUT2D eigenvalue weighted by Gasteiger charge is 2.33. The van der Waals surface area contributed by atoms with Gasteiger partial charge in [-0.05, 0) is 27.2 Å². The number of hydrogen-bond acceptors (Lipinski definition) is 1. The van der Waals surface area contributed by atoms with E-state index in [0.29, 0.717) is 31.8 Å². The van der Waals surface area contributed by atoms with Crippen molar-refractivity contribution in [2.24, 2.45) is 0 Å². The highest BCUT2D eigenvalue weighted by atomic mass is 19.4. The minimum absolute atomic E-state index is 0.184. The Morgan fingerprint density at radius 2 is 2.07 bits per heavy atom. The summed E-state index contributed by atoms with van der Waals surface area (Å²) in [4.78, 5) is 2.19. The molecule has 0 saturated heterocycles. The van der Waals surface area contributed by atoms with Gasteiger partial charge < -0.3 is 0 Å². The van der Waals surface area contributed by atoms with Crippen LogP contribution in [0, 0.1) is 0 Å². The van der Waals surface area contributed by atoms with Crippen LogP contribution in [0.25, 0.3) is 0 Å². The second-order valence-electron chi connectivity index (χ2n) is 4.31. The lowest BCUT2D eigenvalue weighted by Gasteiger charge is -2.36. The molecule has 0 spiro atoms. The number of nitrogens with zero attached hydrogens (tertiary/aromatic N) is 1. The van der Waals surface area contributed by atoms with E-state index in [4.69, 9.17) is 0 Å². The predicted molar refractivity (Wildman–Crippen MR) is 55.8 cm³/mol. The third-order valence-electron chi connectivity index (χ3n) is 2.67. The third-order valence-corrected chi connectivity index (χ3v) is 2.67. The summed E-state index contributed by atoms with van der Waals surface area (Å²) in [7, 11) is 0.418. The average Bonchev–Trinajstić information content (AvgIpc) is 1.99. The molecule has 5 heteroatoms. The summed E-state index contributed by atoms with van der Waals surface area (Å²) in [6.45, 7) is 6.70. The first kappa shape index (κ1) is 12.6. The van der Waals surface area contributed by atoms with Crippen LogP contribution in [0.1, 0.15) is 27.2 Å². The van der Waals surface area contributed by atoms with E-state index in [0.717, 1.165) is 0 Å². The van der Waals surface area contributed by atoms with Gasteiger partial charge in [0.05, 0.1) is 0 Å². The maximum absolute atomic E-state index is 12.1. The molecule has 15 heavy (non-hydrogen) atoms. The van der Waals surface area contributed by atoms with Crippen LogP contribution in [-0.2, 0) is 0 Å². The molecule has 0 aromatic carbocycles. The van der Waals surface area contributed by atoms with Gasteiger partial charge in [0.2, 0.25) is 0 Å². The van der Waals surface area contributed by atoms with E-state index in [1.165, 1.54) is 0 Å². The van der Waals surface area contributed by atoms with Gasteiger partial charge in [-0.15, -0.1) is 0 Å². The van der Waals surface area contributed by atoms with E-state index in [2.05, 4.69) is 18.7 Å². The van der Waals surface area contributed by atoms with Crippen molar-refractivity contribution in [1.82, 2.24) is 4.90 Å². The zero-order chi connectivity index (χ0) is 11.6. The van der Waals surface area contributed by atoms with Gasteiger partial charge in [-0.3, -0.25) is 4.90 Å². The highest BCUT2D eigenvalue weighted by Crippen LogP contribution is 2.24. The fourth-order valence-corrected chi connectivity index (χ4v) is 1.99. The lowest BCUT2D eigenvalue weighted by Crippen LogP contribution is -2.42. The van der Waals surface area contributed by atoms with E-state index in [9.17, 15) is 13.2 Å². The highest BCUT2D eigenvalue weighted by molar-refractivity contribution is 6.47. The van der Waals surface area contributed by atoms with Gasteiger partial charge in [0.15, 0.2) is 0 Å². The lowest BCUT2D eigenvalue weighted by molar-refractivity contribution is -0.0463. The van der Waals surface area contributed by atoms with Crippen LogP contribution < -0.4 is 0 Å². The van der Waals surface area contributed by atoms with Crippen LogP contribution in [0.2, 0.25) is 0 Å². The first-order valence-corrected chi connectivity index (χ1v) is 5.17. The molecule has 0 aromatic heterocycles. The van der Waals surface area contributed by atoms with Crippen molar-refractivity contribution in [1.29, 1.82) is 0 Å². The molecule has 0 fully saturated rings. The van der Waals surface area contributed by atoms with Gasteiger partial charge in [-0.1, -0.05) is 11.5 Å². The Kier molecular flexibility index (Phi) is 3.87. The van der Waals surface area contributed by atoms with E-state index < -0.39 is 6.08 Å². The van der Waals surface area contributed by atoms with Crippen molar-refractivity contribution < 1.29 is 13.2 Å². The number of alkyl halides is 3. The van der Waals surface area contributed by atoms with Crippen LogP contribution >= 0.6 is 0 Å². The first-order chi connectivity index (χ1) is 6.79. The topological polar surface area (TPSA) is 3.24 Å². The molecule has 0 amide bonds. The summed E-state index contributed by atoms with van der Waals surface area (Å²) in [5.74, 6) is 0. The molecule has 1 atom stereocenters. The normalized spacial score (nSPS) is 24.2. The minimum atomic E-state index is -4.19. The van der Waals surface area contributed by atoms with Gasteiger partial charge in [0, 0.05) is 18.6 Å². The van der Waals surface area contributed by atoms with Crippen molar-refractivity contribution in [2.75, 3.05) is 6.54 Å². The Balaban J connectivity index is 2.59. The number of hydrogen-bond donors (Lipinski definition) is 0. The largest absolute Gasteiger partial charge is 0.344 e. The van der Waals surface area contributed by atoms with E-state index >= 15 is 0 Å². The van der Waals surface area contributed by atoms with E-state index in [-0.39, 0.29) is 6.04 Å². The molecule has 85 valence electrons.